The maximum atomic E-state index is 11.5. The number of aromatic amines is 1. The van der Waals surface area contributed by atoms with E-state index in [2.05, 4.69) is 11.9 Å². The van der Waals surface area contributed by atoms with E-state index in [1.165, 1.54) is 5.01 Å². The number of unbranched alkanes of at least 4 members (excludes halogenated alkanes) is 2. The van der Waals surface area contributed by atoms with Gasteiger partial charge in [0, 0.05) is 30.1 Å². The van der Waals surface area contributed by atoms with Crippen LogP contribution in [0.1, 0.15) is 31.7 Å². The Morgan fingerprint density at radius 3 is 2.86 bits per heavy atom. The van der Waals surface area contributed by atoms with Gasteiger partial charge in [-0.05, 0) is 18.1 Å². The molecule has 0 aliphatic rings. The molecule has 1 aromatic carbocycles. The SMILES string of the molecule is CCCCCN(N)[C@@H](Cc1c[nH]c2ccccc12)C(=O)O. The van der Waals surface area contributed by atoms with Gasteiger partial charge in [0.2, 0.25) is 0 Å². The first-order valence-electron chi connectivity index (χ1n) is 7.42. The van der Waals surface area contributed by atoms with E-state index in [0.717, 1.165) is 35.7 Å². The van der Waals surface area contributed by atoms with Gasteiger partial charge in [-0.1, -0.05) is 38.0 Å². The lowest BCUT2D eigenvalue weighted by atomic mass is 10.0. The van der Waals surface area contributed by atoms with Crippen molar-refractivity contribution >= 4 is 16.9 Å². The zero-order chi connectivity index (χ0) is 15.2. The summed E-state index contributed by atoms with van der Waals surface area (Å²) in [6.45, 7) is 2.72. The van der Waals surface area contributed by atoms with E-state index in [1.807, 2.05) is 30.5 Å². The van der Waals surface area contributed by atoms with Crippen LogP contribution in [0.25, 0.3) is 10.9 Å². The van der Waals surface area contributed by atoms with E-state index >= 15 is 0 Å². The highest BCUT2D eigenvalue weighted by Gasteiger charge is 2.24. The summed E-state index contributed by atoms with van der Waals surface area (Å²) in [6.07, 6.45) is 5.36. The Balaban J connectivity index is 2.10. The van der Waals surface area contributed by atoms with Crippen LogP contribution >= 0.6 is 0 Å². The van der Waals surface area contributed by atoms with Crippen LogP contribution in [0.5, 0.6) is 0 Å². The van der Waals surface area contributed by atoms with Gasteiger partial charge in [0.05, 0.1) is 0 Å². The molecule has 1 heterocycles. The van der Waals surface area contributed by atoms with Crippen molar-refractivity contribution in [3.8, 4) is 0 Å². The lowest BCUT2D eigenvalue weighted by Crippen LogP contribution is -2.47. The van der Waals surface area contributed by atoms with Gasteiger partial charge in [0.1, 0.15) is 6.04 Å². The molecule has 5 heteroatoms. The summed E-state index contributed by atoms with van der Waals surface area (Å²) in [5, 5.41) is 12.0. The smallest absolute Gasteiger partial charge is 0.322 e. The van der Waals surface area contributed by atoms with E-state index in [-0.39, 0.29) is 0 Å². The van der Waals surface area contributed by atoms with Crippen molar-refractivity contribution in [2.24, 2.45) is 5.84 Å². The average molecular weight is 289 g/mol. The van der Waals surface area contributed by atoms with Gasteiger partial charge in [-0.15, -0.1) is 0 Å². The van der Waals surface area contributed by atoms with Gasteiger partial charge in [-0.2, -0.15) is 0 Å². The molecule has 0 fully saturated rings. The van der Waals surface area contributed by atoms with Crippen LogP contribution < -0.4 is 5.84 Å². The molecule has 0 amide bonds. The second-order valence-electron chi connectivity index (χ2n) is 5.36. The summed E-state index contributed by atoms with van der Waals surface area (Å²) in [7, 11) is 0. The first kappa shape index (κ1) is 15.5. The quantitative estimate of drug-likeness (QED) is 0.396. The van der Waals surface area contributed by atoms with Gasteiger partial charge in [0.15, 0.2) is 0 Å². The van der Waals surface area contributed by atoms with E-state index in [0.29, 0.717) is 13.0 Å². The number of nitrogens with one attached hydrogen (secondary N) is 1. The predicted molar refractivity (Wildman–Crippen MR) is 83.8 cm³/mol. The van der Waals surface area contributed by atoms with Crippen LogP contribution in [0.3, 0.4) is 0 Å². The zero-order valence-electron chi connectivity index (χ0n) is 12.4. The Kier molecular flexibility index (Phi) is 5.36. The third-order valence-electron chi connectivity index (χ3n) is 3.79. The number of nitrogens with zero attached hydrogens (tertiary/aromatic N) is 1. The Morgan fingerprint density at radius 2 is 2.14 bits per heavy atom. The van der Waals surface area contributed by atoms with Crippen molar-refractivity contribution in [1.29, 1.82) is 0 Å². The van der Waals surface area contributed by atoms with Crippen LogP contribution in [-0.4, -0.2) is 33.7 Å². The molecule has 0 unspecified atom stereocenters. The zero-order valence-corrected chi connectivity index (χ0v) is 12.4. The van der Waals surface area contributed by atoms with Gasteiger partial charge in [-0.3, -0.25) is 10.6 Å². The number of rotatable bonds is 8. The van der Waals surface area contributed by atoms with Crippen LogP contribution in [0, 0.1) is 0 Å². The summed E-state index contributed by atoms with van der Waals surface area (Å²) in [5.74, 6) is 5.09. The maximum Gasteiger partial charge on any atom is 0.322 e. The number of H-pyrrole nitrogens is 1. The molecule has 0 bridgehead atoms. The molecule has 2 aromatic rings. The molecule has 0 radical (unpaired) electrons. The van der Waals surface area contributed by atoms with Crippen molar-refractivity contribution in [2.45, 2.75) is 38.6 Å². The predicted octanol–water partition coefficient (Wildman–Crippen LogP) is 2.53. The molecule has 0 spiro atoms. The summed E-state index contributed by atoms with van der Waals surface area (Å²) in [6, 6.07) is 7.20. The monoisotopic (exact) mass is 289 g/mol. The topological polar surface area (TPSA) is 82.3 Å². The largest absolute Gasteiger partial charge is 0.480 e. The number of hydrogen-bond acceptors (Lipinski definition) is 3. The molecule has 1 atom stereocenters. The highest BCUT2D eigenvalue weighted by molar-refractivity contribution is 5.84. The highest BCUT2D eigenvalue weighted by Crippen LogP contribution is 2.20. The summed E-state index contributed by atoms with van der Waals surface area (Å²) in [4.78, 5) is 14.7. The third-order valence-corrected chi connectivity index (χ3v) is 3.79. The number of hydrazine groups is 1. The number of carboxylic acid groups (broad SMARTS) is 1. The highest BCUT2D eigenvalue weighted by atomic mass is 16.4. The van der Waals surface area contributed by atoms with Gasteiger partial charge < -0.3 is 10.1 Å². The minimum atomic E-state index is -0.876. The van der Waals surface area contributed by atoms with Gasteiger partial charge >= 0.3 is 5.97 Å². The van der Waals surface area contributed by atoms with Crippen LogP contribution in [0.2, 0.25) is 0 Å². The molecule has 5 nitrogen and oxygen atoms in total. The van der Waals surface area contributed by atoms with E-state index < -0.39 is 12.0 Å². The molecule has 114 valence electrons. The second-order valence-corrected chi connectivity index (χ2v) is 5.36. The number of aliphatic carboxylic acids is 1. The Morgan fingerprint density at radius 1 is 1.38 bits per heavy atom. The Bertz CT molecular complexity index is 594. The number of nitrogens with two attached hydrogens (primary N) is 1. The number of para-hydroxylation sites is 1. The van der Waals surface area contributed by atoms with E-state index in [4.69, 9.17) is 5.84 Å². The number of carbonyl (C=O) groups is 1. The molecule has 0 saturated heterocycles. The number of fused-ring (bicyclic) bond motifs is 1. The summed E-state index contributed by atoms with van der Waals surface area (Å²) >= 11 is 0. The number of aromatic nitrogens is 1. The normalized spacial score (nSPS) is 12.9. The fourth-order valence-electron chi connectivity index (χ4n) is 2.56. The minimum absolute atomic E-state index is 0.405. The second kappa shape index (κ2) is 7.24. The first-order valence-corrected chi connectivity index (χ1v) is 7.42. The van der Waals surface area contributed by atoms with Crippen LogP contribution in [0.15, 0.2) is 30.5 Å². The van der Waals surface area contributed by atoms with E-state index in [1.54, 1.807) is 0 Å². The van der Waals surface area contributed by atoms with Crippen LogP contribution in [0.4, 0.5) is 0 Å². The average Bonchev–Trinajstić information content (AvgIpc) is 2.87. The van der Waals surface area contributed by atoms with Crippen molar-refractivity contribution in [2.75, 3.05) is 6.54 Å². The summed E-state index contributed by atoms with van der Waals surface area (Å²) < 4.78 is 0. The fourth-order valence-corrected chi connectivity index (χ4v) is 2.56. The summed E-state index contributed by atoms with van der Waals surface area (Å²) in [5.41, 5.74) is 2.01. The standard InChI is InChI=1S/C16H23N3O2/c1-2-3-6-9-19(17)15(16(20)21)10-12-11-18-14-8-5-4-7-13(12)14/h4-5,7-8,11,15,18H,2-3,6,9-10,17H2,1H3,(H,20,21)/t15-/m0/s1. The third kappa shape index (κ3) is 3.83. The number of carboxylic acids is 1. The maximum absolute atomic E-state index is 11.5. The van der Waals surface area contributed by atoms with Gasteiger partial charge in [0.25, 0.3) is 0 Å². The molecule has 0 aliphatic heterocycles. The van der Waals surface area contributed by atoms with E-state index in [9.17, 15) is 9.90 Å². The molecule has 2 rings (SSSR count). The van der Waals surface area contributed by atoms with Crippen molar-refractivity contribution < 1.29 is 9.90 Å². The van der Waals surface area contributed by atoms with Crippen LogP contribution in [-0.2, 0) is 11.2 Å². The lowest BCUT2D eigenvalue weighted by molar-refractivity contribution is -0.143. The lowest BCUT2D eigenvalue weighted by Gasteiger charge is -2.23. The number of benzene rings is 1. The molecule has 0 saturated carbocycles. The fraction of sp³-hybridized carbons (Fsp3) is 0.438. The molecular formula is C16H23N3O2. The van der Waals surface area contributed by atoms with Gasteiger partial charge in [-0.25, -0.2) is 5.01 Å². The van der Waals surface area contributed by atoms with Crippen molar-refractivity contribution in [3.63, 3.8) is 0 Å². The Labute approximate surface area is 124 Å². The van der Waals surface area contributed by atoms with Crippen molar-refractivity contribution in [1.82, 2.24) is 9.99 Å². The Hall–Kier alpha value is -1.85. The number of hydrogen-bond donors (Lipinski definition) is 3. The molecular weight excluding hydrogens is 266 g/mol. The molecule has 21 heavy (non-hydrogen) atoms. The van der Waals surface area contributed by atoms with Crippen molar-refractivity contribution in [3.05, 3.63) is 36.0 Å². The minimum Gasteiger partial charge on any atom is -0.480 e. The first-order chi connectivity index (χ1) is 10.1. The molecule has 4 N–H and O–H groups in total. The molecule has 1 aromatic heterocycles. The molecule has 0 aliphatic carbocycles.